The van der Waals surface area contributed by atoms with Crippen molar-refractivity contribution in [2.24, 2.45) is 0 Å². The molecule has 0 saturated carbocycles. The molecule has 0 unspecified atom stereocenters. The zero-order valence-electron chi connectivity index (χ0n) is 13.3. The number of aromatic nitrogens is 3. The molecular weight excluding hydrogens is 314 g/mol. The van der Waals surface area contributed by atoms with Crippen LogP contribution in [0.5, 0.6) is 11.5 Å². The highest BCUT2D eigenvalue weighted by Gasteiger charge is 2.21. The fraction of sp³-hybridized carbons (Fsp3) is 0.500. The van der Waals surface area contributed by atoms with Gasteiger partial charge in [0.05, 0.1) is 19.8 Å². The third-order valence-corrected chi connectivity index (χ3v) is 4.23. The van der Waals surface area contributed by atoms with Gasteiger partial charge < -0.3 is 14.2 Å². The lowest BCUT2D eigenvalue weighted by atomic mass is 10.2. The second-order valence-corrected chi connectivity index (χ2v) is 5.96. The predicted octanol–water partition coefficient (Wildman–Crippen LogP) is 3.27. The van der Waals surface area contributed by atoms with Crippen molar-refractivity contribution in [2.75, 3.05) is 13.7 Å². The Labute approximate surface area is 140 Å². The summed E-state index contributed by atoms with van der Waals surface area (Å²) in [5, 5.41) is 7.19. The first-order valence-electron chi connectivity index (χ1n) is 7.75. The van der Waals surface area contributed by atoms with E-state index in [0.717, 1.165) is 36.8 Å². The fourth-order valence-corrected chi connectivity index (χ4v) is 2.95. The van der Waals surface area contributed by atoms with Crippen LogP contribution in [0.4, 0.5) is 0 Å². The maximum absolute atomic E-state index is 5.99. The number of methoxy groups -OCH3 is 1. The van der Waals surface area contributed by atoms with E-state index in [1.807, 2.05) is 35.8 Å². The van der Waals surface area contributed by atoms with Crippen LogP contribution in [0.15, 0.2) is 24.3 Å². The van der Waals surface area contributed by atoms with Crippen molar-refractivity contribution < 1.29 is 14.2 Å². The smallest absolute Gasteiger partial charge is 0.195 e. The molecule has 3 rings (SSSR count). The van der Waals surface area contributed by atoms with Gasteiger partial charge in [0.15, 0.2) is 16.7 Å². The third kappa shape index (κ3) is 3.73. The molecule has 7 heteroatoms. The molecule has 0 aliphatic carbocycles. The summed E-state index contributed by atoms with van der Waals surface area (Å²) in [4.78, 5) is 0. The van der Waals surface area contributed by atoms with Crippen molar-refractivity contribution in [2.45, 2.75) is 38.5 Å². The minimum atomic E-state index is -0.239. The Morgan fingerprint density at radius 1 is 1.48 bits per heavy atom. The number of hydrogen-bond acceptors (Lipinski definition) is 5. The van der Waals surface area contributed by atoms with Crippen LogP contribution in [0, 0.1) is 4.77 Å². The molecule has 2 aromatic rings. The quantitative estimate of drug-likeness (QED) is 0.821. The Morgan fingerprint density at radius 2 is 2.30 bits per heavy atom. The lowest BCUT2D eigenvalue weighted by molar-refractivity contribution is 0.0935. The van der Waals surface area contributed by atoms with Crippen LogP contribution >= 0.6 is 12.2 Å². The van der Waals surface area contributed by atoms with Gasteiger partial charge in [0.1, 0.15) is 11.5 Å². The van der Waals surface area contributed by atoms with Crippen LogP contribution in [-0.2, 0) is 11.3 Å². The van der Waals surface area contributed by atoms with E-state index in [0.29, 0.717) is 11.3 Å². The molecule has 0 amide bonds. The van der Waals surface area contributed by atoms with Crippen molar-refractivity contribution in [3.63, 3.8) is 0 Å². The minimum Gasteiger partial charge on any atom is -0.497 e. The highest BCUT2D eigenvalue weighted by atomic mass is 32.1. The van der Waals surface area contributed by atoms with Crippen molar-refractivity contribution in [1.82, 2.24) is 14.8 Å². The molecule has 1 aromatic heterocycles. The van der Waals surface area contributed by atoms with Crippen LogP contribution < -0.4 is 9.47 Å². The third-order valence-electron chi connectivity index (χ3n) is 3.92. The topological polar surface area (TPSA) is 61.3 Å². The van der Waals surface area contributed by atoms with Crippen molar-refractivity contribution in [3.05, 3.63) is 34.9 Å². The van der Waals surface area contributed by atoms with Crippen LogP contribution in [0.25, 0.3) is 0 Å². The molecule has 0 spiro atoms. The Hall–Kier alpha value is -1.86. The fourth-order valence-electron chi connectivity index (χ4n) is 2.74. The number of H-pyrrole nitrogens is 1. The number of aromatic amines is 1. The van der Waals surface area contributed by atoms with Gasteiger partial charge >= 0.3 is 0 Å². The first kappa shape index (κ1) is 16.0. The Balaban J connectivity index is 1.76. The summed E-state index contributed by atoms with van der Waals surface area (Å²) in [6, 6.07) is 7.52. The molecule has 1 aliphatic rings. The standard InChI is InChI=1S/C16H21N3O3S/c1-11(22-13-6-3-5-12(9-13)20-2)15-17-18-16(23)19(15)10-14-7-4-8-21-14/h3,5-6,9,11,14H,4,7-8,10H2,1-2H3,(H,18,23)/t11-,14+/m1/s1. The van der Waals surface area contributed by atoms with Gasteiger partial charge in [0.25, 0.3) is 0 Å². The van der Waals surface area contributed by atoms with Crippen molar-refractivity contribution in [3.8, 4) is 11.5 Å². The molecular formula is C16H21N3O3S. The summed E-state index contributed by atoms with van der Waals surface area (Å²) >= 11 is 5.34. The summed E-state index contributed by atoms with van der Waals surface area (Å²) < 4.78 is 19.5. The molecule has 23 heavy (non-hydrogen) atoms. The first-order valence-corrected chi connectivity index (χ1v) is 8.15. The van der Waals surface area contributed by atoms with E-state index in [1.165, 1.54) is 0 Å². The number of hydrogen-bond donors (Lipinski definition) is 1. The van der Waals surface area contributed by atoms with Crippen molar-refractivity contribution in [1.29, 1.82) is 0 Å². The lowest BCUT2D eigenvalue weighted by Crippen LogP contribution is -2.19. The second kappa shape index (κ2) is 7.14. The van der Waals surface area contributed by atoms with E-state index in [-0.39, 0.29) is 12.2 Å². The predicted molar refractivity (Wildman–Crippen MR) is 88.4 cm³/mol. The molecule has 1 aliphatic heterocycles. The van der Waals surface area contributed by atoms with Gasteiger partial charge in [-0.15, -0.1) is 0 Å². The molecule has 2 heterocycles. The first-order chi connectivity index (χ1) is 11.2. The summed E-state index contributed by atoms with van der Waals surface area (Å²) in [6.07, 6.45) is 2.11. The Morgan fingerprint density at radius 3 is 3.04 bits per heavy atom. The van der Waals surface area contributed by atoms with Gasteiger partial charge in [0, 0.05) is 12.7 Å². The molecule has 1 fully saturated rings. The van der Waals surface area contributed by atoms with E-state index in [2.05, 4.69) is 10.2 Å². The molecule has 0 radical (unpaired) electrons. The van der Waals surface area contributed by atoms with Gasteiger partial charge in [-0.2, -0.15) is 5.10 Å². The lowest BCUT2D eigenvalue weighted by Gasteiger charge is -2.17. The van der Waals surface area contributed by atoms with E-state index in [9.17, 15) is 0 Å². The van der Waals surface area contributed by atoms with Gasteiger partial charge in [-0.25, -0.2) is 0 Å². The van der Waals surface area contributed by atoms with E-state index in [1.54, 1.807) is 7.11 Å². The SMILES string of the molecule is COc1cccc(O[C@H](C)c2n[nH]c(=S)n2C[C@@H]2CCCO2)c1. The molecule has 124 valence electrons. The highest BCUT2D eigenvalue weighted by Crippen LogP contribution is 2.25. The Kier molecular flexibility index (Phi) is 4.97. The molecule has 6 nitrogen and oxygen atoms in total. The summed E-state index contributed by atoms with van der Waals surface area (Å²) in [5.41, 5.74) is 0. The molecule has 1 saturated heterocycles. The zero-order valence-corrected chi connectivity index (χ0v) is 14.1. The Bertz CT molecular complexity index is 707. The largest absolute Gasteiger partial charge is 0.497 e. The zero-order chi connectivity index (χ0) is 16.2. The van der Waals surface area contributed by atoms with Gasteiger partial charge in [-0.1, -0.05) is 6.07 Å². The van der Waals surface area contributed by atoms with Crippen LogP contribution in [-0.4, -0.2) is 34.6 Å². The molecule has 1 N–H and O–H groups in total. The average molecular weight is 335 g/mol. The normalized spacial score (nSPS) is 18.8. The van der Waals surface area contributed by atoms with Gasteiger partial charge in [0.2, 0.25) is 0 Å². The minimum absolute atomic E-state index is 0.196. The van der Waals surface area contributed by atoms with Crippen LogP contribution in [0.3, 0.4) is 0 Å². The van der Waals surface area contributed by atoms with Gasteiger partial charge in [-0.05, 0) is 44.1 Å². The van der Waals surface area contributed by atoms with Crippen LogP contribution in [0.1, 0.15) is 31.7 Å². The molecule has 1 aromatic carbocycles. The van der Waals surface area contributed by atoms with Gasteiger partial charge in [-0.3, -0.25) is 9.67 Å². The summed E-state index contributed by atoms with van der Waals surface area (Å²) in [6.45, 7) is 3.48. The second-order valence-electron chi connectivity index (χ2n) is 5.57. The van der Waals surface area contributed by atoms with Crippen molar-refractivity contribution >= 4 is 12.2 Å². The molecule has 2 atom stereocenters. The number of nitrogens with zero attached hydrogens (tertiary/aromatic N) is 2. The number of rotatable bonds is 6. The maximum Gasteiger partial charge on any atom is 0.195 e. The number of nitrogens with one attached hydrogen (secondary N) is 1. The van der Waals surface area contributed by atoms with E-state index >= 15 is 0 Å². The van der Waals surface area contributed by atoms with E-state index in [4.69, 9.17) is 26.4 Å². The monoisotopic (exact) mass is 335 g/mol. The van der Waals surface area contributed by atoms with Crippen LogP contribution in [0.2, 0.25) is 0 Å². The number of benzene rings is 1. The molecule has 0 bridgehead atoms. The maximum atomic E-state index is 5.99. The highest BCUT2D eigenvalue weighted by molar-refractivity contribution is 7.71. The summed E-state index contributed by atoms with van der Waals surface area (Å²) in [5.74, 6) is 2.26. The van der Waals surface area contributed by atoms with E-state index < -0.39 is 0 Å². The number of ether oxygens (including phenoxy) is 3. The average Bonchev–Trinajstić information content (AvgIpc) is 3.19. The summed E-state index contributed by atoms with van der Waals surface area (Å²) in [7, 11) is 1.63.